The van der Waals surface area contributed by atoms with Gasteiger partial charge in [-0.05, 0) is 56.9 Å². The van der Waals surface area contributed by atoms with Crippen LogP contribution in [0.4, 0.5) is 4.79 Å². The van der Waals surface area contributed by atoms with Crippen molar-refractivity contribution in [2.75, 3.05) is 20.3 Å². The first-order valence-corrected chi connectivity index (χ1v) is 12.3. The van der Waals surface area contributed by atoms with Gasteiger partial charge in [0.1, 0.15) is 11.8 Å². The molecule has 2 aliphatic rings. The number of amides is 2. The van der Waals surface area contributed by atoms with E-state index in [1.807, 2.05) is 69.3 Å². The van der Waals surface area contributed by atoms with Crippen molar-refractivity contribution in [3.05, 3.63) is 59.7 Å². The Morgan fingerprint density at radius 1 is 1.08 bits per heavy atom. The van der Waals surface area contributed by atoms with E-state index in [2.05, 4.69) is 0 Å². The number of ether oxygens (including phenoxy) is 3. The highest BCUT2D eigenvalue weighted by Gasteiger charge is 2.52. The summed E-state index contributed by atoms with van der Waals surface area (Å²) in [5.74, 6) is -1.78. The van der Waals surface area contributed by atoms with Crippen molar-refractivity contribution in [1.82, 2.24) is 9.80 Å². The van der Waals surface area contributed by atoms with E-state index < -0.39 is 47.4 Å². The second-order valence-electron chi connectivity index (χ2n) is 10.7. The van der Waals surface area contributed by atoms with Gasteiger partial charge in [-0.15, -0.1) is 0 Å². The van der Waals surface area contributed by atoms with Crippen LogP contribution in [0.3, 0.4) is 0 Å². The van der Waals surface area contributed by atoms with Crippen LogP contribution in [0.5, 0.6) is 0 Å². The minimum Gasteiger partial charge on any atom is -0.480 e. The highest BCUT2D eigenvalue weighted by atomic mass is 16.5. The van der Waals surface area contributed by atoms with E-state index in [0.717, 1.165) is 22.3 Å². The van der Waals surface area contributed by atoms with Gasteiger partial charge in [-0.3, -0.25) is 14.6 Å². The number of fused-ring (bicyclic) bond motifs is 3. The van der Waals surface area contributed by atoms with E-state index in [1.165, 1.54) is 16.9 Å². The molecule has 0 spiro atoms. The summed E-state index contributed by atoms with van der Waals surface area (Å²) in [6.45, 7) is 8.49. The molecule has 0 aromatic heterocycles. The lowest BCUT2D eigenvalue weighted by atomic mass is 10.0. The zero-order valence-corrected chi connectivity index (χ0v) is 22.1. The maximum Gasteiger partial charge on any atom is 0.411 e. The number of nitrogens with zero attached hydrogens (tertiary/aromatic N) is 2. The molecule has 9 heteroatoms. The van der Waals surface area contributed by atoms with Gasteiger partial charge in [0.25, 0.3) is 5.91 Å². The molecule has 198 valence electrons. The van der Waals surface area contributed by atoms with Gasteiger partial charge in [0.2, 0.25) is 0 Å². The van der Waals surface area contributed by atoms with Gasteiger partial charge >= 0.3 is 12.1 Å². The fraction of sp³-hybridized carbons (Fsp3) is 0.464. The van der Waals surface area contributed by atoms with Gasteiger partial charge in [0, 0.05) is 0 Å². The molecule has 1 fully saturated rings. The molecule has 1 N–H and O–H groups in total. The summed E-state index contributed by atoms with van der Waals surface area (Å²) in [6, 6.07) is 12.4. The maximum atomic E-state index is 14.3. The number of hydrogen-bond acceptors (Lipinski definition) is 6. The zero-order valence-electron chi connectivity index (χ0n) is 22.1. The molecule has 1 heterocycles. The van der Waals surface area contributed by atoms with Crippen LogP contribution in [0.15, 0.2) is 48.5 Å². The van der Waals surface area contributed by atoms with E-state index >= 15 is 0 Å². The van der Waals surface area contributed by atoms with Crippen LogP contribution in [0.25, 0.3) is 11.1 Å². The normalized spacial score (nSPS) is 19.2. The number of carboxylic acid groups (broad SMARTS) is 1. The fourth-order valence-corrected chi connectivity index (χ4v) is 5.11. The third-order valence-corrected chi connectivity index (χ3v) is 6.77. The van der Waals surface area contributed by atoms with Crippen molar-refractivity contribution in [3.63, 3.8) is 0 Å². The number of carboxylic acids is 1. The Morgan fingerprint density at radius 2 is 1.62 bits per heavy atom. The van der Waals surface area contributed by atoms with Crippen molar-refractivity contribution in [2.24, 2.45) is 0 Å². The number of hydrogen-bond donors (Lipinski definition) is 1. The second kappa shape index (κ2) is 9.79. The lowest BCUT2D eigenvalue weighted by Crippen LogP contribution is -2.60. The van der Waals surface area contributed by atoms with Crippen molar-refractivity contribution in [1.29, 1.82) is 0 Å². The minimum absolute atomic E-state index is 0.158. The van der Waals surface area contributed by atoms with Crippen LogP contribution in [0, 0.1) is 0 Å². The second-order valence-corrected chi connectivity index (χ2v) is 10.7. The summed E-state index contributed by atoms with van der Waals surface area (Å²) >= 11 is 0. The standard InChI is InChI=1S/C28H34N2O7/c1-27(2,3)36-15-21(24(31)30-22(25(32)33)16-37-28(30,4)5)29(26(34)35-6)23-19-13-9-7-11-17(19)18-12-8-10-14-20(18)23/h7-14,21-23H,15-16H2,1-6H3,(H,32,33). The van der Waals surface area contributed by atoms with Gasteiger partial charge in [-0.2, -0.15) is 0 Å². The topological polar surface area (TPSA) is 106 Å². The Labute approximate surface area is 216 Å². The summed E-state index contributed by atoms with van der Waals surface area (Å²) in [4.78, 5) is 42.5. The molecule has 9 nitrogen and oxygen atoms in total. The molecule has 0 radical (unpaired) electrons. The average molecular weight is 511 g/mol. The molecular weight excluding hydrogens is 476 g/mol. The Balaban J connectivity index is 1.87. The summed E-state index contributed by atoms with van der Waals surface area (Å²) in [5, 5.41) is 9.86. The first kappa shape index (κ1) is 26.6. The van der Waals surface area contributed by atoms with Crippen molar-refractivity contribution in [2.45, 2.75) is 64.1 Å². The Kier molecular flexibility index (Phi) is 7.05. The molecule has 1 saturated heterocycles. The third kappa shape index (κ3) is 4.93. The number of carbonyl (C=O) groups excluding carboxylic acids is 2. The molecule has 1 aliphatic carbocycles. The Morgan fingerprint density at radius 3 is 2.11 bits per heavy atom. The number of rotatable bonds is 6. The smallest absolute Gasteiger partial charge is 0.411 e. The van der Waals surface area contributed by atoms with Crippen LogP contribution in [-0.4, -0.2) is 76.6 Å². The molecule has 2 atom stereocenters. The lowest BCUT2D eigenvalue weighted by molar-refractivity contribution is -0.162. The highest BCUT2D eigenvalue weighted by molar-refractivity contribution is 5.91. The summed E-state index contributed by atoms with van der Waals surface area (Å²) in [5.41, 5.74) is 1.76. The van der Waals surface area contributed by atoms with Crippen molar-refractivity contribution < 1.29 is 33.7 Å². The largest absolute Gasteiger partial charge is 0.480 e. The molecule has 0 saturated carbocycles. The predicted molar refractivity (Wildman–Crippen MR) is 136 cm³/mol. The van der Waals surface area contributed by atoms with Gasteiger partial charge in [-0.1, -0.05) is 48.5 Å². The molecule has 4 rings (SSSR count). The average Bonchev–Trinajstić information content (AvgIpc) is 3.34. The van der Waals surface area contributed by atoms with E-state index in [4.69, 9.17) is 14.2 Å². The predicted octanol–water partition coefficient (Wildman–Crippen LogP) is 4.06. The van der Waals surface area contributed by atoms with Gasteiger partial charge < -0.3 is 19.3 Å². The maximum absolute atomic E-state index is 14.3. The first-order chi connectivity index (χ1) is 17.4. The molecule has 0 bridgehead atoms. The van der Waals surface area contributed by atoms with Crippen LogP contribution >= 0.6 is 0 Å². The molecule has 1 aliphatic heterocycles. The Hall–Kier alpha value is -3.43. The molecule has 2 amide bonds. The first-order valence-electron chi connectivity index (χ1n) is 12.3. The summed E-state index contributed by atoms with van der Waals surface area (Å²) < 4.78 is 17.0. The lowest BCUT2D eigenvalue weighted by Gasteiger charge is -2.41. The van der Waals surface area contributed by atoms with Crippen LogP contribution in [0.1, 0.15) is 51.8 Å². The zero-order chi connectivity index (χ0) is 27.1. The van der Waals surface area contributed by atoms with Crippen LogP contribution in [-0.2, 0) is 23.8 Å². The summed E-state index contributed by atoms with van der Waals surface area (Å²) in [7, 11) is 1.26. The number of benzene rings is 2. The SMILES string of the molecule is COC(=O)N(C(COC(C)(C)C)C(=O)N1C(C(=O)O)COC1(C)C)C1c2ccccc2-c2ccccc21. The molecule has 2 aromatic carbocycles. The number of methoxy groups -OCH3 is 1. The quantitative estimate of drug-likeness (QED) is 0.625. The molecule has 2 aromatic rings. The highest BCUT2D eigenvalue weighted by Crippen LogP contribution is 2.47. The van der Waals surface area contributed by atoms with Gasteiger partial charge in [0.15, 0.2) is 6.04 Å². The van der Waals surface area contributed by atoms with E-state index in [1.54, 1.807) is 13.8 Å². The minimum atomic E-state index is -1.21. The van der Waals surface area contributed by atoms with Crippen molar-refractivity contribution in [3.8, 4) is 11.1 Å². The number of carbonyl (C=O) groups is 3. The van der Waals surface area contributed by atoms with Crippen LogP contribution in [0.2, 0.25) is 0 Å². The van der Waals surface area contributed by atoms with Gasteiger partial charge in [0.05, 0.1) is 32.0 Å². The van der Waals surface area contributed by atoms with E-state index in [-0.39, 0.29) is 13.2 Å². The monoisotopic (exact) mass is 510 g/mol. The molecule has 2 unspecified atom stereocenters. The van der Waals surface area contributed by atoms with Gasteiger partial charge in [-0.25, -0.2) is 9.59 Å². The fourth-order valence-electron chi connectivity index (χ4n) is 5.11. The third-order valence-electron chi connectivity index (χ3n) is 6.77. The van der Waals surface area contributed by atoms with E-state index in [0.29, 0.717) is 0 Å². The summed E-state index contributed by atoms with van der Waals surface area (Å²) in [6.07, 6.45) is -0.725. The van der Waals surface area contributed by atoms with Crippen LogP contribution < -0.4 is 0 Å². The van der Waals surface area contributed by atoms with Crippen molar-refractivity contribution >= 4 is 18.0 Å². The molecular formula is C28H34N2O7. The van der Waals surface area contributed by atoms with E-state index in [9.17, 15) is 19.5 Å². The molecule has 37 heavy (non-hydrogen) atoms. The Bertz CT molecular complexity index is 1160. The number of aliphatic carboxylic acids is 1.